The van der Waals surface area contributed by atoms with Gasteiger partial charge in [0.15, 0.2) is 0 Å². The molecule has 144 valence electrons. The van der Waals surface area contributed by atoms with Crippen LogP contribution in [0.15, 0.2) is 85.2 Å². The minimum absolute atomic E-state index is 0.557. The van der Waals surface area contributed by atoms with Crippen molar-refractivity contribution in [2.24, 2.45) is 0 Å². The van der Waals surface area contributed by atoms with Crippen LogP contribution in [0, 0.1) is 0 Å². The second-order valence-electron chi connectivity index (χ2n) is 6.54. The third-order valence-electron chi connectivity index (χ3n) is 4.85. The van der Waals surface area contributed by atoms with Gasteiger partial charge in [0, 0.05) is 23.0 Å². The highest BCUT2D eigenvalue weighted by molar-refractivity contribution is 6.32. The van der Waals surface area contributed by atoms with Gasteiger partial charge in [-0.2, -0.15) is 0 Å². The Morgan fingerprint density at radius 2 is 1.79 bits per heavy atom. The van der Waals surface area contributed by atoms with Gasteiger partial charge in [0.2, 0.25) is 0 Å². The first-order valence-corrected chi connectivity index (χ1v) is 9.57. The number of hydrogen-bond acceptors (Lipinski definition) is 4. The number of halogens is 1. The number of nitrogens with zero attached hydrogens (tertiary/aromatic N) is 2. The zero-order valence-electron chi connectivity index (χ0n) is 15.8. The van der Waals surface area contributed by atoms with Gasteiger partial charge in [0.1, 0.15) is 18.1 Å². The number of allylic oxidation sites excluding steroid dienone is 2. The van der Waals surface area contributed by atoms with E-state index in [2.05, 4.69) is 4.98 Å². The zero-order valence-corrected chi connectivity index (χ0v) is 16.6. The first kappa shape index (κ1) is 19.0. The van der Waals surface area contributed by atoms with Crippen molar-refractivity contribution < 1.29 is 9.53 Å². The molecule has 0 N–H and O–H groups in total. The minimum atomic E-state index is -0.557. The maximum Gasteiger partial charge on any atom is 0.147 e. The molecule has 1 atom stereocenters. The Kier molecular flexibility index (Phi) is 5.45. The summed E-state index contributed by atoms with van der Waals surface area (Å²) in [5.41, 5.74) is 4.09. The molecule has 0 saturated heterocycles. The van der Waals surface area contributed by atoms with Gasteiger partial charge in [-0.15, -0.1) is 0 Å². The predicted octanol–water partition coefficient (Wildman–Crippen LogP) is 5.26. The number of anilines is 1. The van der Waals surface area contributed by atoms with E-state index in [9.17, 15) is 4.79 Å². The van der Waals surface area contributed by atoms with Gasteiger partial charge in [0.05, 0.1) is 18.5 Å². The molecule has 0 fully saturated rings. The van der Waals surface area contributed by atoms with Crippen LogP contribution in [0.25, 0.3) is 11.1 Å². The third kappa shape index (κ3) is 3.67. The van der Waals surface area contributed by atoms with Crippen molar-refractivity contribution in [3.8, 4) is 5.75 Å². The molecule has 1 aromatic heterocycles. The molecule has 1 unspecified atom stereocenters. The van der Waals surface area contributed by atoms with Crippen LogP contribution >= 0.6 is 11.6 Å². The van der Waals surface area contributed by atoms with Gasteiger partial charge in [-0.1, -0.05) is 48.0 Å². The summed E-state index contributed by atoms with van der Waals surface area (Å²) in [7, 11) is 1.62. The van der Waals surface area contributed by atoms with Crippen molar-refractivity contribution in [2.75, 3.05) is 12.0 Å². The molecule has 4 nitrogen and oxygen atoms in total. The van der Waals surface area contributed by atoms with E-state index in [1.807, 2.05) is 83.9 Å². The Bertz CT molecular complexity index is 1090. The third-order valence-corrected chi connectivity index (χ3v) is 5.17. The fraction of sp³-hybridized carbons (Fsp3) is 0.0833. The van der Waals surface area contributed by atoms with Crippen LogP contribution in [0.4, 0.5) is 5.69 Å². The second kappa shape index (κ2) is 8.33. The fourth-order valence-electron chi connectivity index (χ4n) is 3.48. The molecular formula is C24H19ClN2O2. The zero-order chi connectivity index (χ0) is 20.2. The summed E-state index contributed by atoms with van der Waals surface area (Å²) in [6.45, 7) is 0. The molecule has 29 heavy (non-hydrogen) atoms. The van der Waals surface area contributed by atoms with Gasteiger partial charge < -0.3 is 14.4 Å². The van der Waals surface area contributed by atoms with Crippen LogP contribution in [-0.4, -0.2) is 24.4 Å². The van der Waals surface area contributed by atoms with Gasteiger partial charge in [-0.25, -0.2) is 0 Å². The molecule has 0 bridgehead atoms. The first-order chi connectivity index (χ1) is 14.2. The molecule has 0 saturated carbocycles. The van der Waals surface area contributed by atoms with Crippen LogP contribution in [0.1, 0.15) is 11.3 Å². The van der Waals surface area contributed by atoms with Gasteiger partial charge >= 0.3 is 0 Å². The van der Waals surface area contributed by atoms with E-state index in [1.165, 1.54) is 0 Å². The Balaban J connectivity index is 1.93. The van der Waals surface area contributed by atoms with E-state index in [0.29, 0.717) is 10.8 Å². The summed E-state index contributed by atoms with van der Waals surface area (Å²) in [4.78, 5) is 18.7. The number of methoxy groups -OCH3 is 1. The quantitative estimate of drug-likeness (QED) is 0.546. The summed E-state index contributed by atoms with van der Waals surface area (Å²) < 4.78 is 5.55. The molecule has 0 amide bonds. The SMILES string of the molecule is COc1ccccc1N1C=C(c2ccccn2)C=C(c2ccccc2Cl)C1C=O. The maximum atomic E-state index is 12.3. The van der Waals surface area contributed by atoms with E-state index in [4.69, 9.17) is 16.3 Å². The predicted molar refractivity (Wildman–Crippen MR) is 117 cm³/mol. The maximum absolute atomic E-state index is 12.3. The molecule has 1 aliphatic rings. The van der Waals surface area contributed by atoms with Gasteiger partial charge in [-0.3, -0.25) is 4.98 Å². The lowest BCUT2D eigenvalue weighted by Gasteiger charge is -2.34. The Morgan fingerprint density at radius 1 is 1.03 bits per heavy atom. The lowest BCUT2D eigenvalue weighted by atomic mass is 9.91. The molecule has 1 aliphatic heterocycles. The van der Waals surface area contributed by atoms with E-state index < -0.39 is 6.04 Å². The van der Waals surface area contributed by atoms with E-state index in [0.717, 1.165) is 34.4 Å². The second-order valence-corrected chi connectivity index (χ2v) is 6.95. The highest BCUT2D eigenvalue weighted by Crippen LogP contribution is 2.39. The molecule has 0 spiro atoms. The number of ether oxygens (including phenoxy) is 1. The largest absolute Gasteiger partial charge is 0.495 e. The Hall–Kier alpha value is -3.37. The van der Waals surface area contributed by atoms with Crippen molar-refractivity contribution in [3.05, 3.63) is 101 Å². The van der Waals surface area contributed by atoms with Crippen LogP contribution in [0.2, 0.25) is 5.02 Å². The average molecular weight is 403 g/mol. The molecular weight excluding hydrogens is 384 g/mol. The molecule has 5 heteroatoms. The molecule has 2 heterocycles. The topological polar surface area (TPSA) is 42.4 Å². The van der Waals surface area contributed by atoms with Crippen LogP contribution in [0.3, 0.4) is 0 Å². The number of rotatable bonds is 5. The number of carbonyl (C=O) groups excluding carboxylic acids is 1. The monoisotopic (exact) mass is 402 g/mol. The number of pyridine rings is 1. The van der Waals surface area contributed by atoms with Gasteiger partial charge in [-0.05, 0) is 47.5 Å². The highest BCUT2D eigenvalue weighted by atomic mass is 35.5. The van der Waals surface area contributed by atoms with Crippen LogP contribution in [0.5, 0.6) is 5.75 Å². The first-order valence-electron chi connectivity index (χ1n) is 9.19. The summed E-state index contributed by atoms with van der Waals surface area (Å²) >= 11 is 6.49. The van der Waals surface area contributed by atoms with Crippen molar-refractivity contribution >= 4 is 34.7 Å². The normalized spacial score (nSPS) is 16.1. The number of hydrogen-bond donors (Lipinski definition) is 0. The smallest absolute Gasteiger partial charge is 0.147 e. The fourth-order valence-corrected chi connectivity index (χ4v) is 3.72. The number of aromatic nitrogens is 1. The number of benzene rings is 2. The number of para-hydroxylation sites is 2. The lowest BCUT2D eigenvalue weighted by molar-refractivity contribution is -0.107. The van der Waals surface area contributed by atoms with Crippen molar-refractivity contribution in [3.63, 3.8) is 0 Å². The van der Waals surface area contributed by atoms with E-state index in [1.54, 1.807) is 13.3 Å². The highest BCUT2D eigenvalue weighted by Gasteiger charge is 2.29. The number of carbonyl (C=O) groups is 1. The average Bonchev–Trinajstić information content (AvgIpc) is 2.79. The summed E-state index contributed by atoms with van der Waals surface area (Å²) in [5, 5.41) is 0.591. The summed E-state index contributed by atoms with van der Waals surface area (Å²) in [5.74, 6) is 0.677. The molecule has 3 aromatic rings. The van der Waals surface area contributed by atoms with Gasteiger partial charge in [0.25, 0.3) is 0 Å². The summed E-state index contributed by atoms with van der Waals surface area (Å²) in [6, 6.07) is 20.3. The van der Waals surface area contributed by atoms with Crippen molar-refractivity contribution in [2.45, 2.75) is 6.04 Å². The van der Waals surface area contributed by atoms with E-state index in [-0.39, 0.29) is 0 Å². The molecule has 2 aromatic carbocycles. The Morgan fingerprint density at radius 3 is 2.52 bits per heavy atom. The molecule has 4 rings (SSSR count). The van der Waals surface area contributed by atoms with Crippen LogP contribution in [-0.2, 0) is 4.79 Å². The van der Waals surface area contributed by atoms with E-state index >= 15 is 0 Å². The summed E-state index contributed by atoms with van der Waals surface area (Å²) in [6.07, 6.45) is 6.58. The lowest BCUT2D eigenvalue weighted by Crippen LogP contribution is -2.36. The standard InChI is InChI=1S/C24H19ClN2O2/c1-29-24-12-5-4-11-22(24)27-15-17(21-10-6-7-13-26-21)14-19(23(27)16-28)18-8-2-3-9-20(18)25/h2-16,23H,1H3. The molecule has 0 radical (unpaired) electrons. The van der Waals surface area contributed by atoms with Crippen molar-refractivity contribution in [1.29, 1.82) is 0 Å². The van der Waals surface area contributed by atoms with Crippen LogP contribution < -0.4 is 9.64 Å². The minimum Gasteiger partial charge on any atom is -0.495 e. The number of aldehydes is 1. The Labute approximate surface area is 174 Å². The molecule has 0 aliphatic carbocycles. The van der Waals surface area contributed by atoms with Crippen molar-refractivity contribution in [1.82, 2.24) is 4.98 Å².